The Morgan fingerprint density at radius 3 is 2.27 bits per heavy atom. The first-order valence-electron chi connectivity index (χ1n) is 4.16. The molecule has 0 aromatic heterocycles. The van der Waals surface area contributed by atoms with Gasteiger partial charge in [0.25, 0.3) is 0 Å². The number of rotatable bonds is 1. The van der Waals surface area contributed by atoms with Crippen molar-refractivity contribution in [2.45, 2.75) is 20.0 Å². The van der Waals surface area contributed by atoms with Crippen LogP contribution in [0.15, 0.2) is 12.1 Å². The van der Waals surface area contributed by atoms with Crippen molar-refractivity contribution in [2.24, 2.45) is 0 Å². The fourth-order valence-corrected chi connectivity index (χ4v) is 1.37. The van der Waals surface area contributed by atoms with Crippen LogP contribution < -0.4 is 0 Å². The minimum atomic E-state index is -4.65. The van der Waals surface area contributed by atoms with Crippen molar-refractivity contribution < 1.29 is 23.1 Å². The first kappa shape index (κ1) is 11.6. The number of carbonyl (C=O) groups is 1. The summed E-state index contributed by atoms with van der Waals surface area (Å²) >= 11 is 0. The highest BCUT2D eigenvalue weighted by Crippen LogP contribution is 2.38. The molecular weight excluding hydrogens is 209 g/mol. The lowest BCUT2D eigenvalue weighted by Gasteiger charge is -2.12. The Balaban J connectivity index is 3.49. The van der Waals surface area contributed by atoms with Gasteiger partial charge in [-0.1, -0.05) is 6.07 Å². The van der Waals surface area contributed by atoms with E-state index in [1.807, 2.05) is 0 Å². The van der Waals surface area contributed by atoms with Gasteiger partial charge in [-0.15, -0.1) is 0 Å². The topological polar surface area (TPSA) is 37.3 Å². The lowest BCUT2D eigenvalue weighted by Crippen LogP contribution is -2.08. The molecule has 0 amide bonds. The summed E-state index contributed by atoms with van der Waals surface area (Å²) in [7, 11) is 0. The molecule has 0 spiro atoms. The minimum absolute atomic E-state index is 0.273. The Labute approximate surface area is 84.3 Å². The molecule has 1 aromatic rings. The molecule has 0 aliphatic carbocycles. The highest BCUT2D eigenvalue weighted by Gasteiger charge is 2.35. The molecule has 15 heavy (non-hydrogen) atoms. The van der Waals surface area contributed by atoms with Gasteiger partial charge in [-0.25, -0.2) is 0 Å². The summed E-state index contributed by atoms with van der Waals surface area (Å²) in [6.45, 7) is 2.58. The second kappa shape index (κ2) is 3.56. The molecule has 1 rings (SSSR count). The number of ketones is 1. The van der Waals surface area contributed by atoms with Crippen molar-refractivity contribution in [3.8, 4) is 5.75 Å². The van der Waals surface area contributed by atoms with Gasteiger partial charge >= 0.3 is 6.18 Å². The van der Waals surface area contributed by atoms with E-state index >= 15 is 0 Å². The van der Waals surface area contributed by atoms with E-state index in [-0.39, 0.29) is 5.56 Å². The molecule has 1 aromatic carbocycles. The van der Waals surface area contributed by atoms with Crippen LogP contribution in [0, 0.1) is 6.92 Å². The highest BCUT2D eigenvalue weighted by atomic mass is 19.4. The van der Waals surface area contributed by atoms with Gasteiger partial charge in [0.1, 0.15) is 5.75 Å². The quantitative estimate of drug-likeness (QED) is 0.736. The molecule has 5 heteroatoms. The number of aryl methyl sites for hydroxylation is 1. The van der Waals surface area contributed by atoms with E-state index in [1.165, 1.54) is 13.0 Å². The van der Waals surface area contributed by atoms with E-state index in [0.29, 0.717) is 5.56 Å². The van der Waals surface area contributed by atoms with E-state index in [2.05, 4.69) is 0 Å². The monoisotopic (exact) mass is 218 g/mol. The molecule has 0 heterocycles. The van der Waals surface area contributed by atoms with Gasteiger partial charge in [-0.2, -0.15) is 13.2 Å². The maximum atomic E-state index is 12.4. The van der Waals surface area contributed by atoms with Gasteiger partial charge in [0.05, 0.1) is 11.1 Å². The molecule has 0 aliphatic heterocycles. The number of alkyl halides is 3. The average molecular weight is 218 g/mol. The molecule has 0 unspecified atom stereocenters. The zero-order valence-corrected chi connectivity index (χ0v) is 8.14. The number of halogens is 3. The van der Waals surface area contributed by atoms with Crippen molar-refractivity contribution in [1.29, 1.82) is 0 Å². The maximum Gasteiger partial charge on any atom is 0.419 e. The fourth-order valence-electron chi connectivity index (χ4n) is 1.37. The number of Topliss-reactive ketones (excluding diaryl/α,β-unsaturated/α-hetero) is 1. The van der Waals surface area contributed by atoms with E-state index in [4.69, 9.17) is 0 Å². The van der Waals surface area contributed by atoms with Gasteiger partial charge in [0.2, 0.25) is 0 Å². The number of aromatic hydroxyl groups is 1. The summed E-state index contributed by atoms with van der Waals surface area (Å²) in [6.07, 6.45) is -4.65. The number of phenols is 1. The summed E-state index contributed by atoms with van der Waals surface area (Å²) < 4.78 is 37.1. The van der Waals surface area contributed by atoms with E-state index in [9.17, 15) is 23.1 Å². The van der Waals surface area contributed by atoms with Crippen molar-refractivity contribution in [2.75, 3.05) is 0 Å². The molecule has 0 bridgehead atoms. The average Bonchev–Trinajstić information content (AvgIpc) is 2.00. The predicted molar refractivity (Wildman–Crippen MR) is 47.9 cm³/mol. The molecule has 0 radical (unpaired) electrons. The molecule has 2 nitrogen and oxygen atoms in total. The number of phenolic OH excluding ortho intramolecular Hbond substituents is 1. The summed E-state index contributed by atoms with van der Waals surface area (Å²) in [5.41, 5.74) is -1.13. The lowest BCUT2D eigenvalue weighted by atomic mass is 10.00. The predicted octanol–water partition coefficient (Wildman–Crippen LogP) is 2.92. The Bertz CT molecular complexity index is 408. The summed E-state index contributed by atoms with van der Waals surface area (Å²) in [5, 5.41) is 9.33. The maximum absolute atomic E-state index is 12.4. The summed E-state index contributed by atoms with van der Waals surface area (Å²) in [5.74, 6) is -1.58. The van der Waals surface area contributed by atoms with Crippen LogP contribution >= 0.6 is 0 Å². The van der Waals surface area contributed by atoms with Crippen LogP contribution in [-0.2, 0) is 6.18 Å². The zero-order chi connectivity index (χ0) is 11.8. The van der Waals surface area contributed by atoms with Crippen LogP contribution in [-0.4, -0.2) is 10.9 Å². The van der Waals surface area contributed by atoms with Crippen molar-refractivity contribution in [3.05, 3.63) is 28.8 Å². The zero-order valence-electron chi connectivity index (χ0n) is 8.14. The first-order chi connectivity index (χ1) is 6.75. The third-order valence-electron chi connectivity index (χ3n) is 2.04. The molecular formula is C10H9F3O2. The Hall–Kier alpha value is -1.52. The van der Waals surface area contributed by atoms with Crippen LogP contribution in [0.4, 0.5) is 13.2 Å². The molecule has 0 saturated heterocycles. The van der Waals surface area contributed by atoms with Crippen LogP contribution in [0.3, 0.4) is 0 Å². The molecule has 82 valence electrons. The number of hydrogen-bond donors (Lipinski definition) is 1. The Kier molecular flexibility index (Phi) is 2.75. The highest BCUT2D eigenvalue weighted by molar-refractivity contribution is 5.98. The van der Waals surface area contributed by atoms with Crippen molar-refractivity contribution in [1.82, 2.24) is 0 Å². The van der Waals surface area contributed by atoms with Crippen molar-refractivity contribution in [3.63, 3.8) is 0 Å². The van der Waals surface area contributed by atoms with Crippen LogP contribution in [0.2, 0.25) is 0 Å². The Morgan fingerprint density at radius 1 is 1.33 bits per heavy atom. The van der Waals surface area contributed by atoms with Gasteiger partial charge in [0.15, 0.2) is 5.78 Å². The Morgan fingerprint density at radius 2 is 1.87 bits per heavy atom. The molecule has 0 atom stereocenters. The number of hydrogen-bond acceptors (Lipinski definition) is 2. The van der Waals surface area contributed by atoms with E-state index in [1.54, 1.807) is 0 Å². The SMILES string of the molecule is CC(=O)c1c(C)ccc(C(F)(F)F)c1O. The normalized spacial score (nSPS) is 11.5. The fraction of sp³-hybridized carbons (Fsp3) is 0.300. The number of benzene rings is 1. The first-order valence-corrected chi connectivity index (χ1v) is 4.16. The smallest absolute Gasteiger partial charge is 0.419 e. The van der Waals surface area contributed by atoms with Gasteiger partial charge in [-0.05, 0) is 25.5 Å². The van der Waals surface area contributed by atoms with Gasteiger partial charge in [-0.3, -0.25) is 4.79 Å². The van der Waals surface area contributed by atoms with E-state index in [0.717, 1.165) is 13.0 Å². The summed E-state index contributed by atoms with van der Waals surface area (Å²) in [4.78, 5) is 11.0. The third-order valence-corrected chi connectivity index (χ3v) is 2.04. The van der Waals surface area contributed by atoms with Crippen LogP contribution in [0.5, 0.6) is 5.75 Å². The molecule has 0 saturated carbocycles. The molecule has 0 aliphatic rings. The van der Waals surface area contributed by atoms with Gasteiger partial charge < -0.3 is 5.11 Å². The van der Waals surface area contributed by atoms with Crippen LogP contribution in [0.25, 0.3) is 0 Å². The lowest BCUT2D eigenvalue weighted by molar-refractivity contribution is -0.138. The van der Waals surface area contributed by atoms with E-state index < -0.39 is 23.3 Å². The second-order valence-corrected chi connectivity index (χ2v) is 3.21. The minimum Gasteiger partial charge on any atom is -0.507 e. The molecule has 1 N–H and O–H groups in total. The third kappa shape index (κ3) is 2.11. The van der Waals surface area contributed by atoms with Gasteiger partial charge in [0, 0.05) is 0 Å². The van der Waals surface area contributed by atoms with Crippen LogP contribution in [0.1, 0.15) is 28.4 Å². The molecule has 0 fully saturated rings. The van der Waals surface area contributed by atoms with Crippen molar-refractivity contribution >= 4 is 5.78 Å². The standard InChI is InChI=1S/C10H9F3O2/c1-5-3-4-7(10(11,12)13)9(15)8(5)6(2)14/h3-4,15H,1-2H3. The summed E-state index contributed by atoms with van der Waals surface area (Å²) in [6, 6.07) is 1.93. The number of carbonyl (C=O) groups excluding carboxylic acids is 1. The largest absolute Gasteiger partial charge is 0.507 e. The second-order valence-electron chi connectivity index (χ2n) is 3.21.